The van der Waals surface area contributed by atoms with Crippen LogP contribution < -0.4 is 10.1 Å². The second-order valence-corrected chi connectivity index (χ2v) is 7.78. The third-order valence-electron chi connectivity index (χ3n) is 4.05. The number of anilines is 1. The molecule has 1 N–H and O–H groups in total. The third-order valence-corrected chi connectivity index (χ3v) is 5.66. The van der Waals surface area contributed by atoms with Crippen LogP contribution in [0, 0.1) is 0 Å². The molecule has 0 saturated heterocycles. The Balaban J connectivity index is 1.51. The number of thiazole rings is 2. The van der Waals surface area contributed by atoms with Gasteiger partial charge in [-0.3, -0.25) is 9.59 Å². The summed E-state index contributed by atoms with van der Waals surface area (Å²) in [6.45, 7) is 0. The number of carbonyl (C=O) groups excluding carboxylic acids is 2. The molecule has 2 heterocycles. The number of aromatic nitrogens is 2. The maximum Gasteiger partial charge on any atom is 0.255 e. The van der Waals surface area contributed by atoms with E-state index in [4.69, 9.17) is 4.74 Å². The lowest BCUT2D eigenvalue weighted by Gasteiger charge is -2.06. The van der Waals surface area contributed by atoms with Crippen LogP contribution in [0.1, 0.15) is 25.9 Å². The number of Topliss-reactive ketones (excluding diaryl/α,β-unsaturated/α-hetero) is 1. The first-order valence-electron chi connectivity index (χ1n) is 8.38. The van der Waals surface area contributed by atoms with Crippen LogP contribution in [0.15, 0.2) is 53.4 Å². The molecule has 8 heteroatoms. The van der Waals surface area contributed by atoms with E-state index in [9.17, 15) is 9.59 Å². The van der Waals surface area contributed by atoms with Crippen molar-refractivity contribution in [3.05, 3.63) is 69.6 Å². The van der Waals surface area contributed by atoms with Crippen LogP contribution >= 0.6 is 22.7 Å². The van der Waals surface area contributed by atoms with E-state index in [2.05, 4.69) is 15.3 Å². The van der Waals surface area contributed by atoms with E-state index in [1.807, 2.05) is 12.1 Å². The van der Waals surface area contributed by atoms with E-state index in [1.54, 1.807) is 48.3 Å². The van der Waals surface area contributed by atoms with Gasteiger partial charge in [-0.2, -0.15) is 0 Å². The van der Waals surface area contributed by atoms with Gasteiger partial charge < -0.3 is 10.1 Å². The minimum absolute atomic E-state index is 0.0492. The average molecular weight is 409 g/mol. The lowest BCUT2D eigenvalue weighted by molar-refractivity contribution is 0.0987. The lowest BCUT2D eigenvalue weighted by Crippen LogP contribution is -2.11. The van der Waals surface area contributed by atoms with Crippen LogP contribution in [0.25, 0.3) is 10.2 Å². The number of nitrogens with one attached hydrogen (secondary N) is 1. The number of nitrogens with zero attached hydrogens (tertiary/aromatic N) is 2. The maximum absolute atomic E-state index is 12.5. The van der Waals surface area contributed by atoms with Crippen LogP contribution in [-0.2, 0) is 6.42 Å². The highest BCUT2D eigenvalue weighted by Gasteiger charge is 2.14. The first-order chi connectivity index (χ1) is 13.6. The average Bonchev–Trinajstić information content (AvgIpc) is 3.37. The lowest BCUT2D eigenvalue weighted by atomic mass is 10.2. The topological polar surface area (TPSA) is 81.2 Å². The molecule has 6 nitrogen and oxygen atoms in total. The number of amides is 1. The minimum Gasteiger partial charge on any atom is -0.497 e. The van der Waals surface area contributed by atoms with E-state index in [0.717, 1.165) is 15.2 Å². The fourth-order valence-electron chi connectivity index (χ4n) is 2.67. The van der Waals surface area contributed by atoms with Crippen molar-refractivity contribution in [3.8, 4) is 5.75 Å². The number of hydrogen-bond acceptors (Lipinski definition) is 7. The summed E-state index contributed by atoms with van der Waals surface area (Å²) in [7, 11) is 1.56. The molecule has 4 aromatic rings. The summed E-state index contributed by atoms with van der Waals surface area (Å²) in [6, 6.07) is 12.5. The van der Waals surface area contributed by atoms with Crippen molar-refractivity contribution < 1.29 is 14.3 Å². The normalized spacial score (nSPS) is 10.8. The molecule has 0 bridgehead atoms. The molecule has 0 spiro atoms. The zero-order valence-electron chi connectivity index (χ0n) is 14.8. The fourth-order valence-corrected chi connectivity index (χ4v) is 4.23. The molecule has 28 heavy (non-hydrogen) atoms. The molecule has 0 radical (unpaired) electrons. The SMILES string of the molecule is COc1cccc(C(=O)Nc2ccc3nc(CC(=O)c4cscn4)sc3c2)c1. The molecule has 1 amide bonds. The van der Waals surface area contributed by atoms with Crippen molar-refractivity contribution in [1.29, 1.82) is 0 Å². The Morgan fingerprint density at radius 3 is 2.86 bits per heavy atom. The van der Waals surface area contributed by atoms with E-state index in [0.29, 0.717) is 22.7 Å². The highest BCUT2D eigenvalue weighted by atomic mass is 32.1. The maximum atomic E-state index is 12.5. The summed E-state index contributed by atoms with van der Waals surface area (Å²) >= 11 is 2.83. The van der Waals surface area contributed by atoms with Gasteiger partial charge in [-0.15, -0.1) is 22.7 Å². The van der Waals surface area contributed by atoms with Crippen molar-refractivity contribution in [3.63, 3.8) is 0 Å². The van der Waals surface area contributed by atoms with Gasteiger partial charge in [0.1, 0.15) is 16.5 Å². The summed E-state index contributed by atoms with van der Waals surface area (Å²) < 4.78 is 6.06. The predicted octanol–water partition coefficient (Wildman–Crippen LogP) is 4.44. The number of carbonyl (C=O) groups is 2. The Bertz CT molecular complexity index is 1150. The molecule has 0 atom stereocenters. The zero-order valence-corrected chi connectivity index (χ0v) is 16.5. The van der Waals surface area contributed by atoms with E-state index in [-0.39, 0.29) is 18.1 Å². The third kappa shape index (κ3) is 3.92. The number of benzene rings is 2. The largest absolute Gasteiger partial charge is 0.497 e. The van der Waals surface area contributed by atoms with E-state index >= 15 is 0 Å². The molecule has 0 aliphatic carbocycles. The van der Waals surface area contributed by atoms with Crippen LogP contribution in [0.5, 0.6) is 5.75 Å². The zero-order chi connectivity index (χ0) is 19.5. The Hall–Kier alpha value is -3.10. The summed E-state index contributed by atoms with van der Waals surface area (Å²) in [5.41, 5.74) is 4.09. The highest BCUT2D eigenvalue weighted by Crippen LogP contribution is 2.26. The van der Waals surface area contributed by atoms with Crippen molar-refractivity contribution in [2.24, 2.45) is 0 Å². The Morgan fingerprint density at radius 1 is 1.18 bits per heavy atom. The Kier molecular flexibility index (Phi) is 5.14. The summed E-state index contributed by atoms with van der Waals surface area (Å²) in [6.07, 6.45) is 0.217. The highest BCUT2D eigenvalue weighted by molar-refractivity contribution is 7.18. The monoisotopic (exact) mass is 409 g/mol. The predicted molar refractivity (Wildman–Crippen MR) is 111 cm³/mol. The first kappa shape index (κ1) is 18.3. The number of ketones is 1. The van der Waals surface area contributed by atoms with Gasteiger partial charge in [-0.05, 0) is 36.4 Å². The molecular weight excluding hydrogens is 394 g/mol. The van der Waals surface area contributed by atoms with Crippen molar-refractivity contribution >= 4 is 50.3 Å². The van der Waals surface area contributed by atoms with Crippen LogP contribution in [0.4, 0.5) is 5.69 Å². The standard InChI is InChI=1S/C20H15N3O3S2/c1-26-14-4-2-3-12(7-14)20(25)22-13-5-6-15-18(8-13)28-19(23-15)9-17(24)16-10-27-11-21-16/h2-8,10-11H,9H2,1H3,(H,22,25). The van der Waals surface area contributed by atoms with Gasteiger partial charge in [0.2, 0.25) is 0 Å². The molecule has 140 valence electrons. The van der Waals surface area contributed by atoms with Crippen molar-refractivity contribution in [2.45, 2.75) is 6.42 Å². The number of methoxy groups -OCH3 is 1. The van der Waals surface area contributed by atoms with Gasteiger partial charge in [0.15, 0.2) is 5.78 Å². The van der Waals surface area contributed by atoms with E-state index in [1.165, 1.54) is 22.7 Å². The number of rotatable bonds is 6. The molecule has 0 aliphatic rings. The fraction of sp³-hybridized carbons (Fsp3) is 0.100. The van der Waals surface area contributed by atoms with Crippen molar-refractivity contribution in [1.82, 2.24) is 9.97 Å². The molecule has 0 aliphatic heterocycles. The van der Waals surface area contributed by atoms with Gasteiger partial charge in [0, 0.05) is 16.6 Å². The molecule has 4 rings (SSSR count). The van der Waals surface area contributed by atoms with Gasteiger partial charge in [0.05, 0.1) is 29.3 Å². The Labute approximate surface area is 168 Å². The van der Waals surface area contributed by atoms with Gasteiger partial charge in [-0.25, -0.2) is 9.97 Å². The van der Waals surface area contributed by atoms with Crippen LogP contribution in [0.3, 0.4) is 0 Å². The van der Waals surface area contributed by atoms with Crippen LogP contribution in [0.2, 0.25) is 0 Å². The Morgan fingerprint density at radius 2 is 2.07 bits per heavy atom. The van der Waals surface area contributed by atoms with Gasteiger partial charge in [0.25, 0.3) is 5.91 Å². The first-order valence-corrected chi connectivity index (χ1v) is 10.1. The minimum atomic E-state index is -0.221. The second kappa shape index (κ2) is 7.87. The molecule has 2 aromatic heterocycles. The second-order valence-electron chi connectivity index (χ2n) is 5.95. The molecule has 0 fully saturated rings. The summed E-state index contributed by atoms with van der Waals surface area (Å²) in [5.74, 6) is 0.355. The number of fused-ring (bicyclic) bond motifs is 1. The molecule has 0 saturated carbocycles. The molecular formula is C20H15N3O3S2. The summed E-state index contributed by atoms with van der Waals surface area (Å²) in [5, 5.41) is 5.35. The molecule has 2 aromatic carbocycles. The number of hydrogen-bond donors (Lipinski definition) is 1. The quantitative estimate of drug-likeness (QED) is 0.476. The van der Waals surface area contributed by atoms with E-state index < -0.39 is 0 Å². The van der Waals surface area contributed by atoms with Gasteiger partial charge in [-0.1, -0.05) is 6.07 Å². The molecule has 0 unspecified atom stereocenters. The van der Waals surface area contributed by atoms with Gasteiger partial charge >= 0.3 is 0 Å². The smallest absolute Gasteiger partial charge is 0.255 e. The summed E-state index contributed by atoms with van der Waals surface area (Å²) in [4.78, 5) is 33.2. The van der Waals surface area contributed by atoms with Crippen LogP contribution in [-0.4, -0.2) is 28.8 Å². The van der Waals surface area contributed by atoms with Crippen molar-refractivity contribution in [2.75, 3.05) is 12.4 Å². The number of ether oxygens (including phenoxy) is 1.